The maximum absolute atomic E-state index is 16.7. The van der Waals surface area contributed by atoms with E-state index in [9.17, 15) is 13.5 Å². The number of carbonyl (C=O) groups is 1. The number of ether oxygens (including phenoxy) is 6. The number of hydrogen-bond donors (Lipinski definition) is 1. The quantitative estimate of drug-likeness (QED) is 0.0593. The summed E-state index contributed by atoms with van der Waals surface area (Å²) < 4.78 is 130. The number of carboxylic acids is 1. The van der Waals surface area contributed by atoms with E-state index in [1.54, 1.807) is 23.1 Å². The minimum atomic E-state index is -3.93. The van der Waals surface area contributed by atoms with Gasteiger partial charge in [-0.05, 0) is 101 Å². The van der Waals surface area contributed by atoms with Crippen LogP contribution in [0.2, 0.25) is 0 Å². The Bertz CT molecular complexity index is 2690. The summed E-state index contributed by atoms with van der Waals surface area (Å²) in [6.07, 6.45) is 2.25. The zero-order valence-corrected chi connectivity index (χ0v) is 39.0. The van der Waals surface area contributed by atoms with E-state index in [1.807, 2.05) is 13.8 Å². The number of sulfonamides is 1. The van der Waals surface area contributed by atoms with Crippen LogP contribution in [0, 0.1) is 23.3 Å². The van der Waals surface area contributed by atoms with Crippen LogP contribution in [0.25, 0.3) is 0 Å². The molecule has 2 aliphatic rings. The largest absolute Gasteiger partial charge is 0.494 e. The number of aliphatic carboxylic acids is 1. The maximum Gasteiger partial charge on any atom is 0.318 e. The fourth-order valence-corrected chi connectivity index (χ4v) is 11.9. The van der Waals surface area contributed by atoms with Crippen LogP contribution in [0.4, 0.5) is 17.6 Å². The number of rotatable bonds is 20. The summed E-state index contributed by atoms with van der Waals surface area (Å²) in [5.74, 6) is -5.88. The highest BCUT2D eigenvalue weighted by Gasteiger charge is 2.78. The van der Waals surface area contributed by atoms with E-state index in [4.69, 9.17) is 28.4 Å². The molecule has 2 heterocycles. The van der Waals surface area contributed by atoms with E-state index in [2.05, 4.69) is 0 Å². The predicted molar refractivity (Wildman–Crippen MR) is 242 cm³/mol. The number of benzene rings is 5. The number of halogens is 4. The third-order valence-corrected chi connectivity index (χ3v) is 15.1. The van der Waals surface area contributed by atoms with E-state index in [1.165, 1.54) is 81.3 Å². The van der Waals surface area contributed by atoms with E-state index >= 15 is 22.4 Å². The molecule has 1 saturated heterocycles. The van der Waals surface area contributed by atoms with E-state index < -0.39 is 62.2 Å². The highest BCUT2D eigenvalue weighted by Crippen LogP contribution is 2.68. The van der Waals surface area contributed by atoms with Crippen molar-refractivity contribution in [2.75, 3.05) is 67.2 Å². The summed E-state index contributed by atoms with van der Waals surface area (Å²) >= 11 is 0. The van der Waals surface area contributed by atoms with Crippen molar-refractivity contribution in [1.29, 1.82) is 0 Å². The predicted octanol–water partition coefficient (Wildman–Crippen LogP) is 8.81. The van der Waals surface area contributed by atoms with Gasteiger partial charge in [0, 0.05) is 26.2 Å². The zero-order valence-electron chi connectivity index (χ0n) is 38.2. The first-order valence-electron chi connectivity index (χ1n) is 21.9. The van der Waals surface area contributed by atoms with E-state index in [0.717, 1.165) is 30.7 Å². The molecule has 0 aliphatic carbocycles. The first-order valence-corrected chi connectivity index (χ1v) is 23.5. The lowest BCUT2D eigenvalue weighted by Gasteiger charge is -2.53. The van der Waals surface area contributed by atoms with Gasteiger partial charge in [0.1, 0.15) is 5.41 Å². The van der Waals surface area contributed by atoms with Crippen LogP contribution in [-0.4, -0.2) is 95.9 Å². The third-order valence-electron chi connectivity index (χ3n) is 13.1. The molecule has 17 heteroatoms. The summed E-state index contributed by atoms with van der Waals surface area (Å²) in [5.41, 5.74) is -7.47. The lowest BCUT2D eigenvalue weighted by molar-refractivity contribution is -0.149. The standard InChI is InChI=1S/C50H54F4N2O10S/c1-7-9-10-24-67(59,60)56(21-8-2)23-22-55-30-48(32-11-16-41(61-3)37(51)25-32,33-12-20-45-46(29-33)66-31-65-45)49(47(57)58,34-13-17-42(62-4)38(52)26-34)50(55,35-14-18-43(63-5)39(53)27-35)36-15-19-44(64-6)40(54)28-36/h11-20,25-29H,7-10,21-24,30-31H2,1-6H3,(H,57,58). The molecular weight excluding hydrogens is 897 g/mol. The van der Waals surface area contributed by atoms with Crippen molar-refractivity contribution in [3.63, 3.8) is 0 Å². The van der Waals surface area contributed by atoms with Gasteiger partial charge in [-0.2, -0.15) is 0 Å². The van der Waals surface area contributed by atoms with Gasteiger partial charge < -0.3 is 33.5 Å². The lowest BCUT2D eigenvalue weighted by Crippen LogP contribution is -2.64. The van der Waals surface area contributed by atoms with Gasteiger partial charge in [-0.15, -0.1) is 0 Å². The molecule has 5 aromatic rings. The fourth-order valence-electron chi connectivity index (χ4n) is 10.3. The topological polar surface area (TPSA) is 133 Å². The number of hydrogen-bond acceptors (Lipinski definition) is 10. The third kappa shape index (κ3) is 8.07. The Kier molecular flexibility index (Phi) is 14.3. The van der Waals surface area contributed by atoms with Crippen molar-refractivity contribution >= 4 is 16.0 Å². The Hall–Kier alpha value is -6.04. The van der Waals surface area contributed by atoms with Crippen molar-refractivity contribution in [2.45, 2.75) is 55.9 Å². The number of fused-ring (bicyclic) bond motifs is 1. The molecule has 358 valence electrons. The smallest absolute Gasteiger partial charge is 0.318 e. The highest BCUT2D eigenvalue weighted by molar-refractivity contribution is 7.89. The minimum absolute atomic E-state index is 0.0238. The van der Waals surface area contributed by atoms with Crippen LogP contribution in [0.1, 0.15) is 67.3 Å². The number of unbranched alkanes of at least 4 members (excludes halogenated alkanes) is 2. The summed E-state index contributed by atoms with van der Waals surface area (Å²) in [5, 5.41) is 12.8. The molecule has 2 unspecified atom stereocenters. The molecule has 1 N–H and O–H groups in total. The molecule has 0 spiro atoms. The molecule has 0 bridgehead atoms. The Morgan fingerprint density at radius 1 is 0.642 bits per heavy atom. The van der Waals surface area contributed by atoms with Crippen molar-refractivity contribution in [3.05, 3.63) is 142 Å². The van der Waals surface area contributed by atoms with Gasteiger partial charge in [-0.3, -0.25) is 9.69 Å². The van der Waals surface area contributed by atoms with Gasteiger partial charge >= 0.3 is 5.97 Å². The van der Waals surface area contributed by atoms with Gasteiger partial charge in [0.2, 0.25) is 16.8 Å². The number of methoxy groups -OCH3 is 4. The second-order valence-electron chi connectivity index (χ2n) is 16.5. The van der Waals surface area contributed by atoms with Gasteiger partial charge in [0.25, 0.3) is 0 Å². The average molecular weight is 951 g/mol. The van der Waals surface area contributed by atoms with Gasteiger partial charge in [0.15, 0.2) is 57.8 Å². The summed E-state index contributed by atoms with van der Waals surface area (Å²) in [6.45, 7) is 2.74. The van der Waals surface area contributed by atoms with Crippen LogP contribution in [0.3, 0.4) is 0 Å². The summed E-state index contributed by atoms with van der Waals surface area (Å²) in [7, 11) is 1.08. The average Bonchev–Trinajstić information content (AvgIpc) is 3.90. The van der Waals surface area contributed by atoms with Crippen LogP contribution >= 0.6 is 0 Å². The van der Waals surface area contributed by atoms with Gasteiger partial charge in [-0.25, -0.2) is 30.3 Å². The summed E-state index contributed by atoms with van der Waals surface area (Å²) in [4.78, 5) is 17.4. The first-order chi connectivity index (χ1) is 32.1. The molecule has 2 atom stereocenters. The van der Waals surface area contributed by atoms with Crippen molar-refractivity contribution in [1.82, 2.24) is 9.21 Å². The van der Waals surface area contributed by atoms with Gasteiger partial charge in [-0.1, -0.05) is 57.0 Å². The monoisotopic (exact) mass is 950 g/mol. The molecule has 0 amide bonds. The van der Waals surface area contributed by atoms with Crippen LogP contribution < -0.4 is 28.4 Å². The molecule has 0 aromatic heterocycles. The molecule has 2 aliphatic heterocycles. The second kappa shape index (κ2) is 19.7. The lowest BCUT2D eigenvalue weighted by atomic mass is 9.47. The summed E-state index contributed by atoms with van der Waals surface area (Å²) in [6, 6.07) is 19.9. The SMILES string of the molecule is CCCCCS(=O)(=O)N(CCC)CCN1CC(c2ccc(OC)c(F)c2)(c2ccc3c(c2)OCO3)C(C(=O)O)(c2ccc(OC)c(F)c2)C1(c1ccc(OC)c(F)c1)c1ccc(OC)c(F)c1. The van der Waals surface area contributed by atoms with Crippen LogP contribution in [0.15, 0.2) is 91.0 Å². The van der Waals surface area contributed by atoms with Crippen molar-refractivity contribution < 1.29 is 64.3 Å². The minimum Gasteiger partial charge on any atom is -0.494 e. The molecule has 1 fully saturated rings. The second-order valence-corrected chi connectivity index (χ2v) is 18.6. The zero-order chi connectivity index (χ0) is 48.3. The molecule has 0 radical (unpaired) electrons. The van der Waals surface area contributed by atoms with Crippen LogP contribution in [-0.2, 0) is 31.2 Å². The first kappa shape index (κ1) is 48.9. The van der Waals surface area contributed by atoms with Crippen molar-refractivity contribution in [3.8, 4) is 34.5 Å². The Morgan fingerprint density at radius 2 is 1.10 bits per heavy atom. The Morgan fingerprint density at radius 3 is 1.60 bits per heavy atom. The fraction of sp³-hybridized carbons (Fsp3) is 0.380. The number of carboxylic acid groups (broad SMARTS) is 1. The molecule has 67 heavy (non-hydrogen) atoms. The molecular formula is C50H54F4N2O10S. The molecule has 5 aromatic carbocycles. The molecule has 12 nitrogen and oxygen atoms in total. The van der Waals surface area contributed by atoms with E-state index in [0.29, 0.717) is 25.0 Å². The highest BCUT2D eigenvalue weighted by atomic mass is 32.2. The molecule has 7 rings (SSSR count). The Labute approximate surface area is 388 Å². The normalized spacial score (nSPS) is 18.9. The van der Waals surface area contributed by atoms with Crippen LogP contribution in [0.5, 0.6) is 34.5 Å². The number of likely N-dealkylation sites (tertiary alicyclic amines) is 1. The Balaban J connectivity index is 1.74. The van der Waals surface area contributed by atoms with E-state index in [-0.39, 0.29) is 88.7 Å². The molecule has 0 saturated carbocycles. The number of nitrogens with zero attached hydrogens (tertiary/aromatic N) is 2. The van der Waals surface area contributed by atoms with Gasteiger partial charge in [0.05, 0.1) is 45.1 Å². The maximum atomic E-state index is 16.7. The van der Waals surface area contributed by atoms with Crippen molar-refractivity contribution in [2.24, 2.45) is 0 Å².